The van der Waals surface area contributed by atoms with E-state index in [1.54, 1.807) is 0 Å². The maximum atomic E-state index is 6.11. The fourth-order valence-corrected chi connectivity index (χ4v) is 4.01. The first-order chi connectivity index (χ1) is 12.9. The summed E-state index contributed by atoms with van der Waals surface area (Å²) in [7, 11) is 0. The standard InChI is InChI=1S/C20H16O6/c1-3-15-17(25-9-23-15)5-11(1)19-13-7-22-20(14(13)8-21-19)12-2-4-16-18(6-12)26-10-24-16/h1-7,14,19-20H,8-10H2. The SMILES string of the molecule is C1=C2C(c3ccc4c(c3)OCO4)OCC2C(c2ccc3c(c2)OCO3)O1. The van der Waals surface area contributed by atoms with E-state index in [9.17, 15) is 0 Å². The van der Waals surface area contributed by atoms with Crippen molar-refractivity contribution in [3.8, 4) is 23.0 Å². The molecule has 6 rings (SSSR count). The van der Waals surface area contributed by atoms with E-state index in [4.69, 9.17) is 28.4 Å². The molecular formula is C20H16O6. The van der Waals surface area contributed by atoms with E-state index in [2.05, 4.69) is 0 Å². The lowest BCUT2D eigenvalue weighted by atomic mass is 9.89. The van der Waals surface area contributed by atoms with Crippen molar-refractivity contribution in [3.63, 3.8) is 0 Å². The topological polar surface area (TPSA) is 55.4 Å². The van der Waals surface area contributed by atoms with Gasteiger partial charge in [-0.1, -0.05) is 12.1 Å². The molecule has 2 aromatic rings. The van der Waals surface area contributed by atoms with Crippen LogP contribution < -0.4 is 18.9 Å². The Morgan fingerprint density at radius 3 is 2.15 bits per heavy atom. The predicted molar refractivity (Wildman–Crippen MR) is 89.2 cm³/mol. The molecule has 3 atom stereocenters. The minimum atomic E-state index is -0.117. The molecule has 26 heavy (non-hydrogen) atoms. The van der Waals surface area contributed by atoms with Gasteiger partial charge in [-0.3, -0.25) is 0 Å². The Kier molecular flexibility index (Phi) is 2.93. The van der Waals surface area contributed by atoms with Crippen LogP contribution in [0.1, 0.15) is 23.3 Å². The first-order valence-electron chi connectivity index (χ1n) is 8.63. The zero-order valence-corrected chi connectivity index (χ0v) is 13.8. The van der Waals surface area contributed by atoms with Gasteiger partial charge in [0.2, 0.25) is 13.6 Å². The summed E-state index contributed by atoms with van der Waals surface area (Å²) in [6, 6.07) is 11.9. The predicted octanol–water partition coefficient (Wildman–Crippen LogP) is 3.49. The van der Waals surface area contributed by atoms with Gasteiger partial charge in [0.1, 0.15) is 12.2 Å². The molecule has 132 valence electrons. The minimum Gasteiger partial charge on any atom is -0.493 e. The molecule has 2 aromatic carbocycles. The Labute approximate surface area is 149 Å². The van der Waals surface area contributed by atoms with Crippen molar-refractivity contribution < 1.29 is 28.4 Å². The van der Waals surface area contributed by atoms with Gasteiger partial charge in [0, 0.05) is 5.57 Å². The number of hydrogen-bond acceptors (Lipinski definition) is 6. The number of benzene rings is 2. The lowest BCUT2D eigenvalue weighted by molar-refractivity contribution is 0.0660. The van der Waals surface area contributed by atoms with Crippen LogP contribution >= 0.6 is 0 Å². The van der Waals surface area contributed by atoms with Crippen LogP contribution in [0.5, 0.6) is 23.0 Å². The van der Waals surface area contributed by atoms with Gasteiger partial charge in [0.15, 0.2) is 23.0 Å². The molecule has 1 fully saturated rings. The van der Waals surface area contributed by atoms with E-state index in [0.717, 1.165) is 39.7 Å². The maximum Gasteiger partial charge on any atom is 0.231 e. The van der Waals surface area contributed by atoms with E-state index in [1.165, 1.54) is 0 Å². The zero-order valence-electron chi connectivity index (χ0n) is 13.8. The lowest BCUT2D eigenvalue weighted by Crippen LogP contribution is -2.11. The van der Waals surface area contributed by atoms with Gasteiger partial charge in [-0.25, -0.2) is 0 Å². The number of fused-ring (bicyclic) bond motifs is 3. The third-order valence-corrected chi connectivity index (χ3v) is 5.31. The molecule has 4 aliphatic heterocycles. The highest BCUT2D eigenvalue weighted by Gasteiger charge is 2.43. The Hall–Kier alpha value is -2.86. The summed E-state index contributed by atoms with van der Waals surface area (Å²) in [5.74, 6) is 3.27. The largest absolute Gasteiger partial charge is 0.493 e. The quantitative estimate of drug-likeness (QED) is 0.825. The molecule has 0 saturated carbocycles. The molecule has 6 nitrogen and oxygen atoms in total. The molecule has 0 bridgehead atoms. The molecule has 1 saturated heterocycles. The first-order valence-corrected chi connectivity index (χ1v) is 8.63. The van der Waals surface area contributed by atoms with E-state index in [1.807, 2.05) is 42.7 Å². The van der Waals surface area contributed by atoms with E-state index in [-0.39, 0.29) is 31.7 Å². The van der Waals surface area contributed by atoms with Crippen LogP contribution in [0.2, 0.25) is 0 Å². The summed E-state index contributed by atoms with van der Waals surface area (Å²) in [6.45, 7) is 1.15. The smallest absolute Gasteiger partial charge is 0.231 e. The van der Waals surface area contributed by atoms with Gasteiger partial charge in [-0.05, 0) is 35.4 Å². The number of hydrogen-bond donors (Lipinski definition) is 0. The average Bonchev–Trinajstić information content (AvgIpc) is 3.42. The molecule has 6 heteroatoms. The van der Waals surface area contributed by atoms with E-state index >= 15 is 0 Å². The Morgan fingerprint density at radius 2 is 1.38 bits per heavy atom. The van der Waals surface area contributed by atoms with Crippen LogP contribution in [0.15, 0.2) is 48.2 Å². The second-order valence-electron chi connectivity index (χ2n) is 6.72. The molecule has 0 radical (unpaired) electrons. The first kappa shape index (κ1) is 14.3. The molecule has 4 aliphatic rings. The van der Waals surface area contributed by atoms with Crippen LogP contribution in [-0.4, -0.2) is 20.2 Å². The summed E-state index contributed by atoms with van der Waals surface area (Å²) in [5.41, 5.74) is 3.28. The molecule has 4 heterocycles. The summed E-state index contributed by atoms with van der Waals surface area (Å²) in [4.78, 5) is 0. The van der Waals surface area contributed by atoms with Crippen molar-refractivity contribution in [2.45, 2.75) is 12.2 Å². The summed E-state index contributed by atoms with van der Waals surface area (Å²) >= 11 is 0. The van der Waals surface area contributed by atoms with Crippen molar-refractivity contribution >= 4 is 0 Å². The minimum absolute atomic E-state index is 0.0708. The molecule has 0 N–H and O–H groups in total. The zero-order chi connectivity index (χ0) is 17.1. The highest BCUT2D eigenvalue weighted by molar-refractivity contribution is 5.48. The molecule has 0 aromatic heterocycles. The van der Waals surface area contributed by atoms with Crippen LogP contribution in [0.4, 0.5) is 0 Å². The highest BCUT2D eigenvalue weighted by Crippen LogP contribution is 2.51. The lowest BCUT2D eigenvalue weighted by Gasteiger charge is -2.17. The number of rotatable bonds is 2. The van der Waals surface area contributed by atoms with Gasteiger partial charge in [-0.2, -0.15) is 0 Å². The van der Waals surface area contributed by atoms with Crippen LogP contribution in [0.3, 0.4) is 0 Å². The van der Waals surface area contributed by atoms with Crippen molar-refractivity contribution in [2.24, 2.45) is 5.92 Å². The van der Waals surface area contributed by atoms with Crippen LogP contribution in [-0.2, 0) is 9.47 Å². The maximum absolute atomic E-state index is 6.11. The van der Waals surface area contributed by atoms with Gasteiger partial charge in [0.25, 0.3) is 0 Å². The second kappa shape index (κ2) is 5.32. The molecule has 0 spiro atoms. The number of ether oxygens (including phenoxy) is 6. The van der Waals surface area contributed by atoms with Crippen LogP contribution in [0, 0.1) is 5.92 Å². The molecule has 0 aliphatic carbocycles. The van der Waals surface area contributed by atoms with Gasteiger partial charge < -0.3 is 28.4 Å². The normalized spacial score (nSPS) is 27.2. The third-order valence-electron chi connectivity index (χ3n) is 5.31. The van der Waals surface area contributed by atoms with Gasteiger partial charge in [0.05, 0.1) is 18.8 Å². The Bertz CT molecular complexity index is 921. The van der Waals surface area contributed by atoms with Crippen LogP contribution in [0.25, 0.3) is 0 Å². The molecular weight excluding hydrogens is 336 g/mol. The Balaban J connectivity index is 1.28. The Morgan fingerprint density at radius 1 is 0.731 bits per heavy atom. The average molecular weight is 352 g/mol. The fourth-order valence-electron chi connectivity index (χ4n) is 4.01. The van der Waals surface area contributed by atoms with Crippen molar-refractivity contribution in [1.29, 1.82) is 0 Å². The monoisotopic (exact) mass is 352 g/mol. The summed E-state index contributed by atoms with van der Waals surface area (Å²) in [6.07, 6.45) is 1.66. The van der Waals surface area contributed by atoms with Gasteiger partial charge in [-0.15, -0.1) is 0 Å². The van der Waals surface area contributed by atoms with E-state index in [0.29, 0.717) is 6.61 Å². The summed E-state index contributed by atoms with van der Waals surface area (Å²) < 4.78 is 33.9. The van der Waals surface area contributed by atoms with E-state index < -0.39 is 0 Å². The fraction of sp³-hybridized carbons (Fsp3) is 0.300. The summed E-state index contributed by atoms with van der Waals surface area (Å²) in [5, 5.41) is 0. The van der Waals surface area contributed by atoms with Gasteiger partial charge >= 0.3 is 0 Å². The second-order valence-corrected chi connectivity index (χ2v) is 6.72. The molecule has 3 unspecified atom stereocenters. The molecule has 0 amide bonds. The van der Waals surface area contributed by atoms with Crippen molar-refractivity contribution in [3.05, 3.63) is 59.4 Å². The third kappa shape index (κ3) is 2.02. The van der Waals surface area contributed by atoms with Crippen molar-refractivity contribution in [2.75, 3.05) is 20.2 Å². The van der Waals surface area contributed by atoms with Crippen molar-refractivity contribution in [1.82, 2.24) is 0 Å². The highest BCUT2D eigenvalue weighted by atomic mass is 16.7.